The van der Waals surface area contributed by atoms with Gasteiger partial charge in [-0.3, -0.25) is 38.7 Å². The van der Waals surface area contributed by atoms with E-state index in [1.807, 2.05) is 129 Å². The van der Waals surface area contributed by atoms with Crippen LogP contribution < -0.4 is 25.6 Å². The highest BCUT2D eigenvalue weighted by Gasteiger charge is 2.50. The summed E-state index contributed by atoms with van der Waals surface area (Å²) in [6, 6.07) is 31.0. The summed E-state index contributed by atoms with van der Waals surface area (Å²) in [4.78, 5) is 86.9. The SMILES string of the molecule is Cc1ncsc1-c1ccc([C@H](C)NC(=O)[C@@H]2C[C@@H](O)CN2C(=O)[C@@H](NC(=O)CCCCCN2CCN(C(=O)C3(C)CCC(c4ccc(Cl)cc4)=C(CN4CCN(c5ccc(C(=O)NS(=O)(=O)c6ccc(N[C@H](CCN7CCOCC7)CSc7ccccc7)c(S(=O)(=O)C(F)(F)F)c6)cc5)CC4)C3)CC2)C(C)(C)C)cc1. The number of carbonyl (C=O) groups excluding carboxylic acids is 5. The standard InChI is InChI=1S/C80H101ClF3N11O11S4/c1-54(56-16-18-58(19-17-56)72-55(2)85-53-108-72)86-75(99)69-47-64(96)51-95(69)76(100)73(78(3,4)5)88-71(97)15-11-8-12-33-90-35-41-94(42-36-90)77(101)79(6)32-30-67(57-20-24-61(81)25-21-57)60(49-79)50-92-37-39-93(40-38-92)63-26-22-59(23-27-63)74(98)89-110(104,105)66-28-29-68(70(48-66)109(102,103)80(82,83)84)87-62(31-34-91-43-45-106-46-44-91)52-107-65-13-9-7-10-14-65/h7,9-10,13-14,16-29,48,53-54,62,64,69,73,87,96H,8,11-12,15,30-47,49-52H2,1-6H3,(H,86,99)(H,88,97)(H,89,98)/t54-,62+,64+,69-,73+,79?/m0/s1. The van der Waals surface area contributed by atoms with Crippen LogP contribution in [-0.4, -0.2) is 221 Å². The number of aliphatic hydroxyl groups excluding tert-OH is 1. The Labute approximate surface area is 657 Å². The van der Waals surface area contributed by atoms with Gasteiger partial charge in [0.05, 0.1) is 57.4 Å². The number of hydrogen-bond acceptors (Lipinski definition) is 19. The lowest BCUT2D eigenvalue weighted by Gasteiger charge is -2.43. The molecule has 0 saturated carbocycles. The summed E-state index contributed by atoms with van der Waals surface area (Å²) < 4.78 is 105. The fraction of sp³-hybridized carbons (Fsp3) is 0.500. The van der Waals surface area contributed by atoms with Gasteiger partial charge in [-0.25, -0.2) is 26.5 Å². The number of hydrogen-bond donors (Lipinski definition) is 5. The summed E-state index contributed by atoms with van der Waals surface area (Å²) in [5.74, 6) is -1.63. The number of thiazole rings is 1. The monoisotopic (exact) mass is 1610 g/mol. The number of rotatable bonds is 29. The predicted molar refractivity (Wildman–Crippen MR) is 424 cm³/mol. The maximum Gasteiger partial charge on any atom is 0.501 e. The molecule has 5 amide bonds. The number of alkyl halides is 3. The number of ether oxygens (including phenoxy) is 1. The first-order chi connectivity index (χ1) is 52.3. The number of nitrogens with one attached hydrogen (secondary N) is 4. The summed E-state index contributed by atoms with van der Waals surface area (Å²) in [6.45, 7) is 21.0. The first-order valence-electron chi connectivity index (χ1n) is 37.7. The number of amides is 5. The number of likely N-dealkylation sites (tertiary alicyclic amines) is 1. The third kappa shape index (κ3) is 21.2. The lowest BCUT2D eigenvalue weighted by molar-refractivity contribution is -0.144. The zero-order valence-electron chi connectivity index (χ0n) is 63.2. The molecule has 6 atom stereocenters. The molecule has 594 valence electrons. The molecule has 0 bridgehead atoms. The number of carbonyl (C=O) groups is 5. The molecular weight excluding hydrogens is 1510 g/mol. The van der Waals surface area contributed by atoms with Crippen LogP contribution in [0.3, 0.4) is 0 Å². The van der Waals surface area contributed by atoms with E-state index in [0.717, 1.165) is 82.5 Å². The van der Waals surface area contributed by atoms with Crippen molar-refractivity contribution in [1.82, 2.24) is 44.8 Å². The van der Waals surface area contributed by atoms with E-state index in [2.05, 4.69) is 47.5 Å². The molecule has 6 aromatic rings. The number of piperazine rings is 2. The summed E-state index contributed by atoms with van der Waals surface area (Å²) in [5, 5.41) is 20.5. The molecule has 5 aromatic carbocycles. The first-order valence-corrected chi connectivity index (χ1v) is 42.9. The number of β-amino-alcohol motifs (C(OH)–C–C–N with tert-alkyl or cyclic N) is 1. The number of unbranched alkanes of at least 4 members (excludes halogenated alkanes) is 2. The molecule has 4 aliphatic heterocycles. The minimum Gasteiger partial charge on any atom is -0.391 e. The van der Waals surface area contributed by atoms with Gasteiger partial charge in [0, 0.05) is 131 Å². The number of aryl methyl sites for hydroxylation is 1. The quantitative estimate of drug-likeness (QED) is 0.0216. The molecule has 4 saturated heterocycles. The van der Waals surface area contributed by atoms with Gasteiger partial charge in [-0.05, 0) is 153 Å². The minimum absolute atomic E-state index is 0.0202. The maximum atomic E-state index is 14.8. The maximum absolute atomic E-state index is 14.8. The van der Waals surface area contributed by atoms with Crippen LogP contribution >= 0.6 is 34.7 Å². The highest BCUT2D eigenvalue weighted by molar-refractivity contribution is 7.99. The van der Waals surface area contributed by atoms with Gasteiger partial charge in [-0.1, -0.05) is 106 Å². The van der Waals surface area contributed by atoms with Gasteiger partial charge in [0.25, 0.3) is 25.8 Å². The molecule has 1 aromatic heterocycles. The van der Waals surface area contributed by atoms with Crippen LogP contribution in [0.2, 0.25) is 5.02 Å². The van der Waals surface area contributed by atoms with E-state index in [0.29, 0.717) is 128 Å². The van der Waals surface area contributed by atoms with Crippen LogP contribution in [0.25, 0.3) is 16.0 Å². The Kier molecular flexibility index (Phi) is 27.8. The van der Waals surface area contributed by atoms with E-state index in [9.17, 15) is 59.1 Å². The van der Waals surface area contributed by atoms with Crippen LogP contribution in [0.1, 0.15) is 126 Å². The zero-order valence-corrected chi connectivity index (χ0v) is 67.2. The number of nitrogens with zero attached hydrogens (tertiary/aromatic N) is 7. The largest absolute Gasteiger partial charge is 0.501 e. The molecule has 0 spiro atoms. The van der Waals surface area contributed by atoms with Crippen LogP contribution in [0.5, 0.6) is 0 Å². The molecule has 22 nitrogen and oxygen atoms in total. The number of anilines is 2. The predicted octanol–water partition coefficient (Wildman–Crippen LogP) is 11.3. The molecule has 1 aliphatic carbocycles. The summed E-state index contributed by atoms with van der Waals surface area (Å²) in [5.41, 5.74) is 1.30. The van der Waals surface area contributed by atoms with Crippen molar-refractivity contribution in [3.8, 4) is 10.4 Å². The number of sulfone groups is 1. The van der Waals surface area contributed by atoms with E-state index in [4.69, 9.17) is 16.3 Å². The zero-order chi connectivity index (χ0) is 78.7. The molecular formula is C80H101ClF3N11O11S4. The van der Waals surface area contributed by atoms with Crippen molar-refractivity contribution in [2.75, 3.05) is 121 Å². The molecule has 5 heterocycles. The smallest absolute Gasteiger partial charge is 0.391 e. The fourth-order valence-electron chi connectivity index (χ4n) is 15.1. The topological polar surface area (TPSA) is 264 Å². The van der Waals surface area contributed by atoms with Crippen molar-refractivity contribution in [3.63, 3.8) is 0 Å². The van der Waals surface area contributed by atoms with E-state index in [1.54, 1.807) is 23.5 Å². The number of aliphatic hydroxyl groups is 1. The van der Waals surface area contributed by atoms with Crippen LogP contribution in [-0.2, 0) is 43.8 Å². The first kappa shape index (κ1) is 83.5. The molecule has 30 heteroatoms. The Morgan fingerprint density at radius 1 is 0.782 bits per heavy atom. The number of sulfonamides is 1. The highest BCUT2D eigenvalue weighted by atomic mass is 35.5. The van der Waals surface area contributed by atoms with Crippen molar-refractivity contribution in [3.05, 3.63) is 160 Å². The number of halogens is 4. The normalized spacial score (nSPS) is 20.3. The fourth-order valence-corrected chi connectivity index (χ4v) is 19.1. The molecule has 11 rings (SSSR count). The Bertz CT molecular complexity index is 4460. The van der Waals surface area contributed by atoms with E-state index < -0.39 is 87.7 Å². The van der Waals surface area contributed by atoms with Crippen molar-refractivity contribution >= 4 is 101 Å². The van der Waals surface area contributed by atoms with E-state index >= 15 is 0 Å². The lowest BCUT2D eigenvalue weighted by atomic mass is 9.70. The molecule has 0 radical (unpaired) electrons. The van der Waals surface area contributed by atoms with Crippen molar-refractivity contribution in [2.24, 2.45) is 10.8 Å². The third-order valence-electron chi connectivity index (χ3n) is 21.6. The number of morpholine rings is 1. The second-order valence-corrected chi connectivity index (χ2v) is 36.7. The summed E-state index contributed by atoms with van der Waals surface area (Å²) in [6.07, 6.45) is 4.02. The van der Waals surface area contributed by atoms with E-state index in [-0.39, 0.29) is 48.7 Å². The van der Waals surface area contributed by atoms with Gasteiger partial charge >= 0.3 is 5.51 Å². The Hall–Kier alpha value is -7.45. The van der Waals surface area contributed by atoms with Gasteiger partial charge in [0.15, 0.2) is 0 Å². The molecule has 5 aliphatic rings. The van der Waals surface area contributed by atoms with E-state index in [1.165, 1.54) is 39.9 Å². The molecule has 4 fully saturated rings. The second-order valence-electron chi connectivity index (χ2n) is 30.7. The van der Waals surface area contributed by atoms with Gasteiger partial charge < -0.3 is 40.5 Å². The van der Waals surface area contributed by atoms with Crippen molar-refractivity contribution in [1.29, 1.82) is 0 Å². The average Bonchev–Trinajstić information content (AvgIpc) is 1.11. The average molecular weight is 1610 g/mol. The van der Waals surface area contributed by atoms with Crippen LogP contribution in [0.4, 0.5) is 24.5 Å². The Balaban J connectivity index is 0.639. The summed E-state index contributed by atoms with van der Waals surface area (Å²) in [7, 11) is -11.0. The van der Waals surface area contributed by atoms with Crippen molar-refractivity contribution < 1.29 is 63.8 Å². The Morgan fingerprint density at radius 3 is 2.10 bits per heavy atom. The lowest BCUT2D eigenvalue weighted by Crippen LogP contribution is -2.57. The van der Waals surface area contributed by atoms with Gasteiger partial charge in [0.2, 0.25) is 23.6 Å². The summed E-state index contributed by atoms with van der Waals surface area (Å²) >= 11 is 9.38. The van der Waals surface area contributed by atoms with Crippen LogP contribution in [0.15, 0.2) is 147 Å². The Morgan fingerprint density at radius 2 is 1.45 bits per heavy atom. The minimum atomic E-state index is -6.12. The number of thioether (sulfide) groups is 1. The van der Waals surface area contributed by atoms with Gasteiger partial charge in [-0.15, -0.1) is 23.1 Å². The third-order valence-corrected chi connectivity index (χ3v) is 26.8. The van der Waals surface area contributed by atoms with Gasteiger partial charge in [0.1, 0.15) is 17.0 Å². The second kappa shape index (κ2) is 36.6. The molecule has 5 N–H and O–H groups in total. The molecule has 110 heavy (non-hydrogen) atoms. The van der Waals surface area contributed by atoms with Gasteiger partial charge in [-0.2, -0.15) is 13.2 Å². The highest BCUT2D eigenvalue weighted by Crippen LogP contribution is 2.45. The molecule has 1 unspecified atom stereocenters. The van der Waals surface area contributed by atoms with Crippen LogP contribution in [0, 0.1) is 17.8 Å². The number of benzene rings is 5. The van der Waals surface area contributed by atoms with Crippen molar-refractivity contribution in [2.45, 2.75) is 150 Å². The number of aromatic nitrogens is 1. The number of allylic oxidation sites excluding steroid dienone is 1.